The Bertz CT molecular complexity index is 556. The summed E-state index contributed by atoms with van der Waals surface area (Å²) in [6, 6.07) is 9.98. The van der Waals surface area contributed by atoms with Crippen LogP contribution in [0.25, 0.3) is 16.3 Å². The van der Waals surface area contributed by atoms with Crippen molar-refractivity contribution in [2.75, 3.05) is 0 Å². The molecule has 0 atom stereocenters. The van der Waals surface area contributed by atoms with Crippen LogP contribution in [-0.4, -0.2) is 16.4 Å². The molecule has 0 unspecified atom stereocenters. The minimum Gasteiger partial charge on any atom is -0.158 e. The molecule has 16 heavy (non-hydrogen) atoms. The lowest BCUT2D eigenvalue weighted by molar-refractivity contribution is 0.975. The van der Waals surface area contributed by atoms with Crippen LogP contribution in [0.3, 0.4) is 0 Å². The summed E-state index contributed by atoms with van der Waals surface area (Å²) in [5.41, 5.74) is 5.80. The Morgan fingerprint density at radius 2 is 1.75 bits per heavy atom. The van der Waals surface area contributed by atoms with E-state index in [0.717, 1.165) is 21.3 Å². The second-order valence-electron chi connectivity index (χ2n) is 3.19. The fourth-order valence-corrected chi connectivity index (χ4v) is 2.18. The Hall–Kier alpha value is -2.01. The van der Waals surface area contributed by atoms with E-state index in [0.29, 0.717) is 0 Å². The molecule has 0 fully saturated rings. The smallest absolute Gasteiger partial charge is 0.158 e. The number of benzene rings is 1. The van der Waals surface area contributed by atoms with Gasteiger partial charge in [0, 0.05) is 5.56 Å². The highest BCUT2D eigenvalue weighted by Gasteiger charge is 2.12. The molecule has 0 saturated carbocycles. The van der Waals surface area contributed by atoms with Crippen molar-refractivity contribution >= 4 is 23.2 Å². The van der Waals surface area contributed by atoms with Crippen molar-refractivity contribution in [1.29, 1.82) is 0 Å². The molecule has 1 aliphatic rings. The van der Waals surface area contributed by atoms with Crippen LogP contribution in [0.1, 0.15) is 5.01 Å². The fraction of sp³-hybridized carbons (Fsp3) is 0. The van der Waals surface area contributed by atoms with Gasteiger partial charge in [0.15, 0.2) is 5.01 Å². The van der Waals surface area contributed by atoms with Crippen molar-refractivity contribution in [2.45, 2.75) is 0 Å². The molecule has 0 bridgehead atoms. The Morgan fingerprint density at radius 3 is 2.50 bits per heavy atom. The van der Waals surface area contributed by atoms with E-state index in [9.17, 15) is 0 Å². The summed E-state index contributed by atoms with van der Waals surface area (Å²) in [5, 5.41) is 13.7. The van der Waals surface area contributed by atoms with Crippen LogP contribution in [-0.2, 0) is 0 Å². The van der Waals surface area contributed by atoms with E-state index >= 15 is 0 Å². The zero-order valence-electron chi connectivity index (χ0n) is 8.24. The number of hydrogen-bond donors (Lipinski definition) is 0. The second kappa shape index (κ2) is 3.86. The number of allylic oxidation sites excluding steroid dienone is 1. The molecular formula is C11H7N4S. The van der Waals surface area contributed by atoms with Crippen molar-refractivity contribution in [1.82, 2.24) is 15.6 Å². The van der Waals surface area contributed by atoms with Gasteiger partial charge in [-0.05, 0) is 6.08 Å². The predicted molar refractivity (Wildman–Crippen MR) is 63.9 cm³/mol. The lowest BCUT2D eigenvalue weighted by Crippen LogP contribution is -1.89. The lowest BCUT2D eigenvalue weighted by atomic mass is 10.2. The average molecular weight is 227 g/mol. The topological polar surface area (TPSA) is 52.2 Å². The van der Waals surface area contributed by atoms with E-state index in [4.69, 9.17) is 0 Å². The Kier molecular flexibility index (Phi) is 2.23. The molecule has 1 radical (unpaired) electrons. The SMILES string of the molecule is C1=N[N]C(c2nnc(-c3ccccc3)s2)=C1. The molecule has 0 aliphatic carbocycles. The molecule has 0 amide bonds. The first kappa shape index (κ1) is 9.23. The number of aromatic nitrogens is 2. The van der Waals surface area contributed by atoms with Gasteiger partial charge in [0.2, 0.25) is 0 Å². The van der Waals surface area contributed by atoms with Gasteiger partial charge in [-0.15, -0.1) is 15.6 Å². The van der Waals surface area contributed by atoms with Gasteiger partial charge in [-0.2, -0.15) is 5.10 Å². The van der Waals surface area contributed by atoms with Crippen LogP contribution in [0.5, 0.6) is 0 Å². The van der Waals surface area contributed by atoms with Crippen LogP contribution in [0.15, 0.2) is 41.5 Å². The lowest BCUT2D eigenvalue weighted by Gasteiger charge is -1.92. The maximum absolute atomic E-state index is 4.14. The summed E-state index contributed by atoms with van der Waals surface area (Å²) < 4.78 is 0. The van der Waals surface area contributed by atoms with Gasteiger partial charge in [-0.25, -0.2) is 0 Å². The molecule has 1 aromatic carbocycles. The van der Waals surface area contributed by atoms with Gasteiger partial charge in [0.25, 0.3) is 0 Å². The number of rotatable bonds is 2. The molecule has 0 N–H and O–H groups in total. The van der Waals surface area contributed by atoms with E-state index in [1.165, 1.54) is 11.3 Å². The first-order valence-electron chi connectivity index (χ1n) is 4.77. The van der Waals surface area contributed by atoms with E-state index < -0.39 is 0 Å². The highest BCUT2D eigenvalue weighted by molar-refractivity contribution is 7.15. The molecule has 4 nitrogen and oxygen atoms in total. The summed E-state index contributed by atoms with van der Waals surface area (Å²) in [4.78, 5) is 0. The first-order chi connectivity index (χ1) is 7.93. The van der Waals surface area contributed by atoms with Gasteiger partial charge in [-0.3, -0.25) is 0 Å². The highest BCUT2D eigenvalue weighted by Crippen LogP contribution is 2.26. The summed E-state index contributed by atoms with van der Waals surface area (Å²) >= 11 is 1.52. The molecule has 3 rings (SSSR count). The summed E-state index contributed by atoms with van der Waals surface area (Å²) in [7, 11) is 0. The molecule has 1 aromatic heterocycles. The van der Waals surface area contributed by atoms with Gasteiger partial charge < -0.3 is 0 Å². The van der Waals surface area contributed by atoms with Crippen LogP contribution in [0.2, 0.25) is 0 Å². The molecule has 2 aromatic rings. The van der Waals surface area contributed by atoms with E-state index in [1.54, 1.807) is 6.21 Å². The zero-order chi connectivity index (χ0) is 10.8. The van der Waals surface area contributed by atoms with Crippen LogP contribution in [0.4, 0.5) is 0 Å². The third-order valence-electron chi connectivity index (χ3n) is 2.13. The molecular weight excluding hydrogens is 220 g/mol. The minimum absolute atomic E-state index is 0.777. The Morgan fingerprint density at radius 1 is 0.938 bits per heavy atom. The average Bonchev–Trinajstić information content (AvgIpc) is 3.01. The van der Waals surface area contributed by atoms with Gasteiger partial charge in [0.05, 0.1) is 6.21 Å². The minimum atomic E-state index is 0.777. The summed E-state index contributed by atoms with van der Waals surface area (Å²) in [6.45, 7) is 0. The van der Waals surface area contributed by atoms with Gasteiger partial charge in [0.1, 0.15) is 10.7 Å². The summed E-state index contributed by atoms with van der Waals surface area (Å²) in [6.07, 6.45) is 3.48. The first-order valence-corrected chi connectivity index (χ1v) is 5.59. The number of hydrogen-bond acceptors (Lipinski definition) is 4. The van der Waals surface area contributed by atoms with Crippen LogP contribution < -0.4 is 5.43 Å². The third kappa shape index (κ3) is 1.61. The zero-order valence-corrected chi connectivity index (χ0v) is 9.06. The van der Waals surface area contributed by atoms with E-state index in [1.807, 2.05) is 36.4 Å². The standard InChI is InChI=1S/C11H7N4S/c1-2-4-8(5-3-1)10-14-15-11(16-10)9-6-7-12-13-9/h1-7H. The maximum Gasteiger partial charge on any atom is 0.168 e. The van der Waals surface area contributed by atoms with Crippen LogP contribution >= 0.6 is 11.3 Å². The summed E-state index contributed by atoms with van der Waals surface area (Å²) in [5.74, 6) is 0. The Labute approximate surface area is 96.4 Å². The Balaban J connectivity index is 1.94. The molecule has 1 aliphatic heterocycles. The number of nitrogens with zero attached hydrogens (tertiary/aromatic N) is 4. The molecule has 0 saturated heterocycles. The monoisotopic (exact) mass is 227 g/mol. The van der Waals surface area contributed by atoms with Crippen molar-refractivity contribution in [3.05, 3.63) is 41.4 Å². The van der Waals surface area contributed by atoms with Crippen LogP contribution in [0, 0.1) is 0 Å². The van der Waals surface area contributed by atoms with Gasteiger partial charge >= 0.3 is 0 Å². The van der Waals surface area contributed by atoms with Gasteiger partial charge in [-0.1, -0.05) is 41.7 Å². The highest BCUT2D eigenvalue weighted by atomic mass is 32.1. The van der Waals surface area contributed by atoms with Crippen molar-refractivity contribution in [2.24, 2.45) is 5.10 Å². The van der Waals surface area contributed by atoms with E-state index in [-0.39, 0.29) is 0 Å². The van der Waals surface area contributed by atoms with Crippen molar-refractivity contribution in [3.63, 3.8) is 0 Å². The quantitative estimate of drug-likeness (QED) is 0.789. The largest absolute Gasteiger partial charge is 0.168 e. The van der Waals surface area contributed by atoms with E-state index in [2.05, 4.69) is 20.7 Å². The molecule has 5 heteroatoms. The molecule has 77 valence electrons. The third-order valence-corrected chi connectivity index (χ3v) is 3.12. The van der Waals surface area contributed by atoms with Crippen molar-refractivity contribution < 1.29 is 0 Å². The fourth-order valence-electron chi connectivity index (χ4n) is 1.37. The normalized spacial score (nSPS) is 13.6. The molecule has 0 spiro atoms. The van der Waals surface area contributed by atoms with Crippen molar-refractivity contribution in [3.8, 4) is 10.6 Å². The predicted octanol–water partition coefficient (Wildman–Crippen LogP) is 2.15. The second-order valence-corrected chi connectivity index (χ2v) is 4.17. The maximum atomic E-state index is 4.14. The molecule has 2 heterocycles.